The Kier molecular flexibility index (Phi) is 5.00. The predicted molar refractivity (Wildman–Crippen MR) is 129 cm³/mol. The van der Waals surface area contributed by atoms with Crippen molar-refractivity contribution in [1.29, 1.82) is 0 Å². The number of benzene rings is 3. The first kappa shape index (κ1) is 23.5. The van der Waals surface area contributed by atoms with Crippen LogP contribution in [-0.4, -0.2) is 35.6 Å². The second-order valence-electron chi connectivity index (χ2n) is 9.32. The lowest BCUT2D eigenvalue weighted by molar-refractivity contribution is 0.0427. The number of fused-ring (bicyclic) bond motifs is 2. The van der Waals surface area contributed by atoms with Crippen LogP contribution in [0.5, 0.6) is 0 Å². The Morgan fingerprint density at radius 1 is 0.611 bits per heavy atom. The highest BCUT2D eigenvalue weighted by molar-refractivity contribution is 6.35. The van der Waals surface area contributed by atoms with Crippen molar-refractivity contribution in [2.75, 3.05) is 11.9 Å². The molecule has 6 nitrogen and oxygen atoms in total. The van der Waals surface area contributed by atoms with Crippen LogP contribution < -0.4 is 4.90 Å². The average molecular weight is 488 g/mol. The molecule has 0 N–H and O–H groups in total. The molecule has 0 bridgehead atoms. The van der Waals surface area contributed by atoms with Gasteiger partial charge in [-0.15, -0.1) is 0 Å². The van der Waals surface area contributed by atoms with Crippen molar-refractivity contribution in [1.82, 2.24) is 4.90 Å². The molecule has 36 heavy (non-hydrogen) atoms. The lowest BCUT2D eigenvalue weighted by Crippen LogP contribution is -2.31. The fraction of sp³-hybridized carbons (Fsp3) is 0.214. The van der Waals surface area contributed by atoms with E-state index in [1.807, 2.05) is 26.8 Å². The molecule has 182 valence electrons. The van der Waals surface area contributed by atoms with Gasteiger partial charge in [-0.25, -0.2) is 4.90 Å². The van der Waals surface area contributed by atoms with Gasteiger partial charge in [-0.05, 0) is 74.2 Å². The zero-order chi connectivity index (χ0) is 26.3. The van der Waals surface area contributed by atoms with Crippen molar-refractivity contribution in [3.63, 3.8) is 0 Å². The summed E-state index contributed by atoms with van der Waals surface area (Å²) in [5.41, 5.74) is 2.84. The van der Waals surface area contributed by atoms with Gasteiger partial charge in [0.1, 0.15) is 0 Å². The number of alkyl halides is 2. The standard InChI is InChI=1S/C28H22F2N2O4/c1-13-10-14(2)23(16(4)15(13)3)32-26(35)20-9-7-18(12-22(20)27(32)36)28(29,30)17-6-8-19-21(11-17)25(34)31(5)24(19)33/h6-12H,1-5H3. The number of hydrogen-bond acceptors (Lipinski definition) is 4. The maximum Gasteiger partial charge on any atom is 0.298 e. The Hall–Kier alpha value is -4.20. The number of halogens is 2. The highest BCUT2D eigenvalue weighted by atomic mass is 19.3. The monoisotopic (exact) mass is 488 g/mol. The third-order valence-corrected chi connectivity index (χ3v) is 7.24. The molecule has 2 aliphatic rings. The second-order valence-corrected chi connectivity index (χ2v) is 9.32. The average Bonchev–Trinajstić information content (AvgIpc) is 3.22. The quantitative estimate of drug-likeness (QED) is 0.482. The Bertz CT molecular complexity index is 1560. The van der Waals surface area contributed by atoms with E-state index in [2.05, 4.69) is 0 Å². The maximum absolute atomic E-state index is 15.6. The van der Waals surface area contributed by atoms with Crippen LogP contribution in [-0.2, 0) is 5.92 Å². The van der Waals surface area contributed by atoms with Gasteiger partial charge in [0.2, 0.25) is 0 Å². The zero-order valence-electron chi connectivity index (χ0n) is 20.3. The van der Waals surface area contributed by atoms with Crippen LogP contribution in [0.3, 0.4) is 0 Å². The van der Waals surface area contributed by atoms with Crippen LogP contribution in [0, 0.1) is 27.7 Å². The van der Waals surface area contributed by atoms with Crippen LogP contribution in [0.4, 0.5) is 14.5 Å². The van der Waals surface area contributed by atoms with Gasteiger partial charge in [0.15, 0.2) is 0 Å². The summed E-state index contributed by atoms with van der Waals surface area (Å²) in [5, 5.41) is 0. The van der Waals surface area contributed by atoms with Gasteiger partial charge in [-0.3, -0.25) is 24.1 Å². The van der Waals surface area contributed by atoms with E-state index in [1.165, 1.54) is 19.2 Å². The lowest BCUT2D eigenvalue weighted by Gasteiger charge is -2.22. The van der Waals surface area contributed by atoms with Crippen molar-refractivity contribution < 1.29 is 28.0 Å². The summed E-state index contributed by atoms with van der Waals surface area (Å²) in [6.45, 7) is 7.47. The fourth-order valence-electron chi connectivity index (χ4n) is 4.98. The summed E-state index contributed by atoms with van der Waals surface area (Å²) >= 11 is 0. The molecule has 0 radical (unpaired) electrons. The van der Waals surface area contributed by atoms with E-state index in [0.29, 0.717) is 5.69 Å². The van der Waals surface area contributed by atoms with E-state index in [-0.39, 0.29) is 22.3 Å². The summed E-state index contributed by atoms with van der Waals surface area (Å²) in [6.07, 6.45) is 0. The topological polar surface area (TPSA) is 74.8 Å². The highest BCUT2D eigenvalue weighted by Gasteiger charge is 2.43. The molecule has 0 atom stereocenters. The SMILES string of the molecule is Cc1cc(C)c(N2C(=O)c3ccc(C(F)(F)c4ccc5c(c4)C(=O)N(C)C5=O)cc3C2=O)c(C)c1C. The number of carbonyl (C=O) groups is 4. The molecule has 0 saturated heterocycles. The molecule has 8 heteroatoms. The molecule has 3 aromatic carbocycles. The van der Waals surface area contributed by atoms with Gasteiger partial charge < -0.3 is 0 Å². The Morgan fingerprint density at radius 2 is 1.08 bits per heavy atom. The molecular weight excluding hydrogens is 466 g/mol. The first-order chi connectivity index (χ1) is 16.9. The third kappa shape index (κ3) is 3.07. The first-order valence-electron chi connectivity index (χ1n) is 11.3. The smallest absolute Gasteiger partial charge is 0.277 e. The maximum atomic E-state index is 15.6. The van der Waals surface area contributed by atoms with Crippen LogP contribution in [0.1, 0.15) is 74.8 Å². The van der Waals surface area contributed by atoms with E-state index >= 15 is 8.78 Å². The number of rotatable bonds is 3. The summed E-state index contributed by atoms with van der Waals surface area (Å²) in [6, 6.07) is 8.58. The number of anilines is 1. The number of hydrogen-bond donors (Lipinski definition) is 0. The molecule has 3 aromatic rings. The summed E-state index contributed by atoms with van der Waals surface area (Å²) in [7, 11) is 1.29. The summed E-state index contributed by atoms with van der Waals surface area (Å²) in [4.78, 5) is 52.9. The van der Waals surface area contributed by atoms with E-state index in [1.54, 1.807) is 6.92 Å². The van der Waals surface area contributed by atoms with Crippen LogP contribution in [0.2, 0.25) is 0 Å². The van der Waals surface area contributed by atoms with E-state index in [0.717, 1.165) is 56.3 Å². The van der Waals surface area contributed by atoms with E-state index in [9.17, 15) is 19.2 Å². The Balaban J connectivity index is 1.57. The molecule has 0 fully saturated rings. The molecule has 0 aliphatic carbocycles. The van der Waals surface area contributed by atoms with Crippen LogP contribution >= 0.6 is 0 Å². The normalized spacial score (nSPS) is 15.2. The van der Waals surface area contributed by atoms with Gasteiger partial charge in [0, 0.05) is 18.2 Å². The number of aryl methyl sites for hydroxylation is 2. The van der Waals surface area contributed by atoms with E-state index < -0.39 is 40.7 Å². The van der Waals surface area contributed by atoms with Gasteiger partial charge in [0.25, 0.3) is 29.6 Å². The minimum Gasteiger partial charge on any atom is -0.277 e. The van der Waals surface area contributed by atoms with Crippen LogP contribution in [0.15, 0.2) is 42.5 Å². The van der Waals surface area contributed by atoms with Crippen molar-refractivity contribution in [3.8, 4) is 0 Å². The number of nitrogens with zero attached hydrogens (tertiary/aromatic N) is 2. The third-order valence-electron chi connectivity index (χ3n) is 7.24. The molecular formula is C28H22F2N2O4. The van der Waals surface area contributed by atoms with E-state index in [4.69, 9.17) is 0 Å². The molecule has 0 unspecified atom stereocenters. The van der Waals surface area contributed by atoms with Gasteiger partial charge >= 0.3 is 0 Å². The fourth-order valence-corrected chi connectivity index (χ4v) is 4.98. The predicted octanol–water partition coefficient (Wildman–Crippen LogP) is 5.09. The van der Waals surface area contributed by atoms with Gasteiger partial charge in [-0.1, -0.05) is 18.2 Å². The molecule has 0 spiro atoms. The highest BCUT2D eigenvalue weighted by Crippen LogP contribution is 2.41. The molecule has 0 saturated carbocycles. The number of imide groups is 2. The number of carbonyl (C=O) groups excluding carboxylic acids is 4. The van der Waals surface area contributed by atoms with Gasteiger partial charge in [0.05, 0.1) is 27.9 Å². The van der Waals surface area contributed by atoms with Crippen molar-refractivity contribution >= 4 is 29.3 Å². The Labute approximate surface area is 206 Å². The van der Waals surface area contributed by atoms with Gasteiger partial charge in [-0.2, -0.15) is 8.78 Å². The summed E-state index contributed by atoms with van der Waals surface area (Å²) in [5.74, 6) is -6.03. The Morgan fingerprint density at radius 3 is 1.67 bits per heavy atom. The number of amides is 4. The van der Waals surface area contributed by atoms with Crippen molar-refractivity contribution in [2.24, 2.45) is 0 Å². The second kappa shape index (κ2) is 7.65. The van der Waals surface area contributed by atoms with Crippen molar-refractivity contribution in [2.45, 2.75) is 33.6 Å². The molecule has 4 amide bonds. The lowest BCUT2D eigenvalue weighted by atomic mass is 9.94. The minimum atomic E-state index is -3.59. The molecule has 2 heterocycles. The molecule has 0 aromatic heterocycles. The minimum absolute atomic E-state index is 0.0490. The molecule has 5 rings (SSSR count). The largest absolute Gasteiger partial charge is 0.298 e. The summed E-state index contributed by atoms with van der Waals surface area (Å²) < 4.78 is 31.2. The molecule has 2 aliphatic heterocycles. The van der Waals surface area contributed by atoms with Crippen LogP contribution in [0.25, 0.3) is 0 Å². The van der Waals surface area contributed by atoms with Crippen molar-refractivity contribution in [3.05, 3.63) is 98.1 Å². The first-order valence-corrected chi connectivity index (χ1v) is 11.3. The zero-order valence-corrected chi connectivity index (χ0v) is 20.3.